The number of ether oxygens (including phenoxy) is 2. The molecule has 2 aliphatic rings. The molecule has 0 aromatic heterocycles. The number of rotatable bonds is 2. The van der Waals surface area contributed by atoms with E-state index in [0.717, 1.165) is 23.5 Å². The van der Waals surface area contributed by atoms with E-state index in [1.807, 2.05) is 24.3 Å². The van der Waals surface area contributed by atoms with E-state index in [4.69, 9.17) is 9.47 Å². The number of fused-ring (bicyclic) bond motifs is 4. The molecule has 0 spiro atoms. The van der Waals surface area contributed by atoms with Crippen LogP contribution in [0.15, 0.2) is 54.6 Å². The van der Waals surface area contributed by atoms with Gasteiger partial charge in [-0.1, -0.05) is 18.2 Å². The molecule has 1 N–H and O–H groups in total. The first kappa shape index (κ1) is 13.3. The summed E-state index contributed by atoms with van der Waals surface area (Å²) in [5, 5.41) is 3.65. The molecule has 0 saturated carbocycles. The lowest BCUT2D eigenvalue weighted by Crippen LogP contribution is -2.41. The van der Waals surface area contributed by atoms with Crippen molar-refractivity contribution in [3.63, 3.8) is 0 Å². The summed E-state index contributed by atoms with van der Waals surface area (Å²) in [4.78, 5) is 0. The Balaban J connectivity index is 1.72. The molecular weight excluding hydrogens is 274 g/mol. The number of para-hydroxylation sites is 1. The second-order valence-corrected chi connectivity index (χ2v) is 6.18. The molecule has 2 atom stereocenters. The Kier molecular flexibility index (Phi) is 2.89. The van der Waals surface area contributed by atoms with Gasteiger partial charge in [-0.2, -0.15) is 0 Å². The third-order valence-electron chi connectivity index (χ3n) is 4.43. The molecule has 0 saturated heterocycles. The van der Waals surface area contributed by atoms with Gasteiger partial charge in [-0.05, 0) is 43.3 Å². The maximum absolute atomic E-state index is 6.29. The van der Waals surface area contributed by atoms with E-state index in [0.29, 0.717) is 0 Å². The van der Waals surface area contributed by atoms with Crippen molar-refractivity contribution in [3.05, 3.63) is 65.7 Å². The van der Waals surface area contributed by atoms with Crippen molar-refractivity contribution in [2.75, 3.05) is 12.4 Å². The number of nitrogens with one attached hydrogen (secondary N) is 1. The minimum Gasteiger partial charge on any atom is -0.497 e. The van der Waals surface area contributed by atoms with Crippen LogP contribution >= 0.6 is 0 Å². The van der Waals surface area contributed by atoms with Gasteiger partial charge in [0.25, 0.3) is 0 Å². The van der Waals surface area contributed by atoms with Crippen molar-refractivity contribution >= 4 is 11.4 Å². The lowest BCUT2D eigenvalue weighted by molar-refractivity contribution is 0.122. The van der Waals surface area contributed by atoms with Gasteiger partial charge >= 0.3 is 0 Å². The molecule has 0 fully saturated rings. The van der Waals surface area contributed by atoms with Crippen molar-refractivity contribution in [1.82, 2.24) is 0 Å². The molecule has 4 rings (SSSR count). The maximum Gasteiger partial charge on any atom is 0.128 e. The Morgan fingerprint density at radius 2 is 1.91 bits per heavy atom. The van der Waals surface area contributed by atoms with Crippen molar-refractivity contribution < 1.29 is 9.47 Å². The first-order valence-electron chi connectivity index (χ1n) is 7.58. The average Bonchev–Trinajstić information content (AvgIpc) is 2.54. The predicted molar refractivity (Wildman–Crippen MR) is 87.9 cm³/mol. The van der Waals surface area contributed by atoms with Gasteiger partial charge in [-0.3, -0.25) is 0 Å². The standard InChI is InChI=1S/C19H19NO2/c1-19-11-17(13-7-9-14(21-2)10-8-13)22-18(12-19)15-5-3-4-6-16(15)20-19/h3-11,18,20H,12H2,1-2H3. The molecule has 3 nitrogen and oxygen atoms in total. The van der Waals surface area contributed by atoms with E-state index in [1.165, 1.54) is 11.3 Å². The summed E-state index contributed by atoms with van der Waals surface area (Å²) in [5.74, 6) is 1.79. The monoisotopic (exact) mass is 293 g/mol. The molecular formula is C19H19NO2. The molecule has 112 valence electrons. The van der Waals surface area contributed by atoms with Gasteiger partial charge in [0.2, 0.25) is 0 Å². The number of benzene rings is 2. The minimum atomic E-state index is -0.0769. The van der Waals surface area contributed by atoms with E-state index in [1.54, 1.807) is 7.11 Å². The highest BCUT2D eigenvalue weighted by Gasteiger charge is 2.39. The quantitative estimate of drug-likeness (QED) is 0.891. The van der Waals surface area contributed by atoms with Crippen LogP contribution in [-0.4, -0.2) is 12.6 Å². The Bertz CT molecular complexity index is 735. The van der Waals surface area contributed by atoms with Gasteiger partial charge in [-0.15, -0.1) is 0 Å². The highest BCUT2D eigenvalue weighted by molar-refractivity contribution is 5.68. The molecule has 0 amide bonds. The molecule has 22 heavy (non-hydrogen) atoms. The third-order valence-corrected chi connectivity index (χ3v) is 4.43. The van der Waals surface area contributed by atoms with Crippen LogP contribution in [0.4, 0.5) is 5.69 Å². The summed E-state index contributed by atoms with van der Waals surface area (Å²) in [5.41, 5.74) is 3.41. The zero-order valence-corrected chi connectivity index (χ0v) is 12.8. The van der Waals surface area contributed by atoms with Crippen LogP contribution in [0.2, 0.25) is 0 Å². The smallest absolute Gasteiger partial charge is 0.128 e. The van der Waals surface area contributed by atoms with Crippen LogP contribution in [-0.2, 0) is 4.74 Å². The molecule has 2 aromatic rings. The summed E-state index contributed by atoms with van der Waals surface area (Å²) in [6.45, 7) is 2.22. The zero-order valence-electron chi connectivity index (χ0n) is 12.8. The summed E-state index contributed by atoms with van der Waals surface area (Å²) in [7, 11) is 1.68. The second-order valence-electron chi connectivity index (χ2n) is 6.18. The maximum atomic E-state index is 6.29. The van der Waals surface area contributed by atoms with Crippen LogP contribution in [0.1, 0.15) is 30.6 Å². The first-order chi connectivity index (χ1) is 10.7. The molecule has 2 unspecified atom stereocenters. The fraction of sp³-hybridized carbons (Fsp3) is 0.263. The largest absolute Gasteiger partial charge is 0.497 e. The number of methoxy groups -OCH3 is 1. The summed E-state index contributed by atoms with van der Waals surface area (Å²) in [6.07, 6.45) is 3.25. The zero-order chi connectivity index (χ0) is 15.2. The highest BCUT2D eigenvalue weighted by Crippen LogP contribution is 2.46. The minimum absolute atomic E-state index is 0.0769. The normalized spacial score (nSPS) is 25.4. The molecule has 0 aliphatic carbocycles. The lowest BCUT2D eigenvalue weighted by atomic mass is 9.82. The molecule has 2 heterocycles. The fourth-order valence-electron chi connectivity index (χ4n) is 3.33. The van der Waals surface area contributed by atoms with Gasteiger partial charge in [0, 0.05) is 23.2 Å². The molecule has 2 aliphatic heterocycles. The van der Waals surface area contributed by atoms with Crippen LogP contribution < -0.4 is 10.1 Å². The Labute approximate surface area is 130 Å². The van der Waals surface area contributed by atoms with E-state index >= 15 is 0 Å². The van der Waals surface area contributed by atoms with Gasteiger partial charge in [0.1, 0.15) is 17.6 Å². The summed E-state index contributed by atoms with van der Waals surface area (Å²) in [6, 6.07) is 16.4. The fourth-order valence-corrected chi connectivity index (χ4v) is 3.33. The van der Waals surface area contributed by atoms with Crippen molar-refractivity contribution in [3.8, 4) is 5.75 Å². The topological polar surface area (TPSA) is 30.5 Å². The highest BCUT2D eigenvalue weighted by atomic mass is 16.5. The van der Waals surface area contributed by atoms with Crippen molar-refractivity contribution in [1.29, 1.82) is 0 Å². The summed E-state index contributed by atoms with van der Waals surface area (Å²) < 4.78 is 11.5. The second kappa shape index (κ2) is 4.80. The Morgan fingerprint density at radius 1 is 1.14 bits per heavy atom. The number of hydrogen-bond donors (Lipinski definition) is 1. The third kappa shape index (κ3) is 2.13. The average molecular weight is 293 g/mol. The molecule has 2 aromatic carbocycles. The van der Waals surface area contributed by atoms with Crippen LogP contribution in [0.5, 0.6) is 5.75 Å². The van der Waals surface area contributed by atoms with Crippen LogP contribution in [0.25, 0.3) is 5.76 Å². The van der Waals surface area contributed by atoms with E-state index in [9.17, 15) is 0 Å². The van der Waals surface area contributed by atoms with Crippen LogP contribution in [0, 0.1) is 0 Å². The van der Waals surface area contributed by atoms with E-state index in [-0.39, 0.29) is 11.6 Å². The summed E-state index contributed by atoms with van der Waals surface area (Å²) >= 11 is 0. The predicted octanol–water partition coefficient (Wildman–Crippen LogP) is 4.38. The van der Waals surface area contributed by atoms with Crippen LogP contribution in [0.3, 0.4) is 0 Å². The molecule has 2 bridgehead atoms. The van der Waals surface area contributed by atoms with Crippen molar-refractivity contribution in [2.45, 2.75) is 25.0 Å². The number of anilines is 1. The van der Waals surface area contributed by atoms with Gasteiger partial charge in [0.05, 0.1) is 12.6 Å². The van der Waals surface area contributed by atoms with Gasteiger partial charge in [-0.25, -0.2) is 0 Å². The number of hydrogen-bond acceptors (Lipinski definition) is 3. The van der Waals surface area contributed by atoms with E-state index in [2.05, 4.69) is 42.6 Å². The van der Waals surface area contributed by atoms with E-state index < -0.39 is 0 Å². The Morgan fingerprint density at radius 3 is 2.68 bits per heavy atom. The molecule has 3 heteroatoms. The lowest BCUT2D eigenvalue weighted by Gasteiger charge is -2.43. The van der Waals surface area contributed by atoms with Gasteiger partial charge < -0.3 is 14.8 Å². The van der Waals surface area contributed by atoms with Gasteiger partial charge in [0.15, 0.2) is 0 Å². The molecule has 0 radical (unpaired) electrons. The van der Waals surface area contributed by atoms with Crippen molar-refractivity contribution in [2.24, 2.45) is 0 Å². The Hall–Kier alpha value is -2.42. The first-order valence-corrected chi connectivity index (χ1v) is 7.58. The SMILES string of the molecule is COc1ccc(C2=CC3(C)CC(O2)c2ccccc2N3)cc1.